The lowest BCUT2D eigenvalue weighted by Gasteiger charge is -2.15. The highest BCUT2D eigenvalue weighted by Crippen LogP contribution is 2.16. The number of carbonyl (C=O) groups excluding carboxylic acids is 1. The molecule has 0 fully saturated rings. The van der Waals surface area contributed by atoms with E-state index in [0.29, 0.717) is 10.9 Å². The van der Waals surface area contributed by atoms with Crippen LogP contribution in [-0.2, 0) is 4.79 Å². The van der Waals surface area contributed by atoms with Crippen molar-refractivity contribution in [2.45, 2.75) is 26.8 Å². The topological polar surface area (TPSA) is 29.1 Å². The predicted octanol–water partition coefficient (Wildman–Crippen LogP) is 3.51. The summed E-state index contributed by atoms with van der Waals surface area (Å²) in [6.45, 7) is 6.14. The van der Waals surface area contributed by atoms with Crippen LogP contribution in [0.4, 0.5) is 0 Å². The lowest BCUT2D eigenvalue weighted by molar-refractivity contribution is -0.117. The van der Waals surface area contributed by atoms with Crippen molar-refractivity contribution < 1.29 is 4.79 Å². The molecule has 3 heteroatoms. The lowest BCUT2D eigenvalue weighted by atomic mass is 10.1. The number of hydrogen-bond donors (Lipinski definition) is 1. The SMILES string of the molecule is CC(C)[C@H](C)NC(=O)/C=C/c1ccccc1Cl. The molecule has 0 saturated carbocycles. The van der Waals surface area contributed by atoms with E-state index in [1.807, 2.05) is 25.1 Å². The Morgan fingerprint density at radius 3 is 2.53 bits per heavy atom. The van der Waals surface area contributed by atoms with E-state index in [2.05, 4.69) is 19.2 Å². The fourth-order valence-corrected chi connectivity index (χ4v) is 1.41. The third kappa shape index (κ3) is 4.61. The zero-order valence-corrected chi connectivity index (χ0v) is 11.2. The van der Waals surface area contributed by atoms with Crippen LogP contribution >= 0.6 is 11.6 Å². The maximum absolute atomic E-state index is 11.6. The van der Waals surface area contributed by atoms with Crippen molar-refractivity contribution in [2.24, 2.45) is 5.92 Å². The van der Waals surface area contributed by atoms with Crippen LogP contribution in [-0.4, -0.2) is 11.9 Å². The summed E-state index contributed by atoms with van der Waals surface area (Å²) in [5.41, 5.74) is 0.849. The van der Waals surface area contributed by atoms with E-state index in [-0.39, 0.29) is 11.9 Å². The van der Waals surface area contributed by atoms with Gasteiger partial charge in [-0.15, -0.1) is 0 Å². The fraction of sp³-hybridized carbons (Fsp3) is 0.357. The molecule has 1 aromatic carbocycles. The molecule has 92 valence electrons. The second kappa shape index (κ2) is 6.45. The van der Waals surface area contributed by atoms with Gasteiger partial charge >= 0.3 is 0 Å². The highest BCUT2D eigenvalue weighted by molar-refractivity contribution is 6.32. The van der Waals surface area contributed by atoms with E-state index < -0.39 is 0 Å². The van der Waals surface area contributed by atoms with Gasteiger partial charge < -0.3 is 5.32 Å². The van der Waals surface area contributed by atoms with Gasteiger partial charge in [-0.2, -0.15) is 0 Å². The highest BCUT2D eigenvalue weighted by Gasteiger charge is 2.08. The number of benzene rings is 1. The maximum atomic E-state index is 11.6. The summed E-state index contributed by atoms with van der Waals surface area (Å²) >= 11 is 5.98. The van der Waals surface area contributed by atoms with E-state index in [0.717, 1.165) is 5.56 Å². The molecule has 0 saturated heterocycles. The fourth-order valence-electron chi connectivity index (χ4n) is 1.21. The summed E-state index contributed by atoms with van der Waals surface area (Å²) in [5.74, 6) is 0.332. The molecule has 1 atom stereocenters. The Hall–Kier alpha value is -1.28. The van der Waals surface area contributed by atoms with Crippen molar-refractivity contribution >= 4 is 23.6 Å². The molecule has 0 radical (unpaired) electrons. The molecule has 0 heterocycles. The average Bonchev–Trinajstić information content (AvgIpc) is 2.27. The smallest absolute Gasteiger partial charge is 0.244 e. The van der Waals surface area contributed by atoms with Crippen LogP contribution in [0.3, 0.4) is 0 Å². The van der Waals surface area contributed by atoms with Crippen LogP contribution in [0.1, 0.15) is 26.3 Å². The van der Waals surface area contributed by atoms with Gasteiger partial charge in [-0.1, -0.05) is 43.6 Å². The molecule has 0 unspecified atom stereocenters. The molecule has 2 nitrogen and oxygen atoms in total. The van der Waals surface area contributed by atoms with Crippen molar-refractivity contribution in [3.8, 4) is 0 Å². The summed E-state index contributed by atoms with van der Waals surface area (Å²) in [6.07, 6.45) is 3.24. The molecule has 17 heavy (non-hydrogen) atoms. The Labute approximate surface area is 108 Å². The average molecular weight is 252 g/mol. The van der Waals surface area contributed by atoms with Gasteiger partial charge in [0.2, 0.25) is 5.91 Å². The Morgan fingerprint density at radius 2 is 1.94 bits per heavy atom. The Morgan fingerprint density at radius 1 is 1.29 bits per heavy atom. The first kappa shape index (κ1) is 13.8. The van der Waals surface area contributed by atoms with Crippen molar-refractivity contribution in [3.63, 3.8) is 0 Å². The van der Waals surface area contributed by atoms with Crippen LogP contribution in [0.15, 0.2) is 30.3 Å². The molecule has 0 spiro atoms. The molecule has 0 aliphatic rings. The van der Waals surface area contributed by atoms with Gasteiger partial charge in [0.15, 0.2) is 0 Å². The standard InChI is InChI=1S/C14H18ClNO/c1-10(2)11(3)16-14(17)9-8-12-6-4-5-7-13(12)15/h4-11H,1-3H3,(H,16,17)/b9-8+/t11-/m0/s1. The highest BCUT2D eigenvalue weighted by atomic mass is 35.5. The quantitative estimate of drug-likeness (QED) is 0.816. The van der Waals surface area contributed by atoms with Crippen molar-refractivity contribution in [1.82, 2.24) is 5.32 Å². The lowest BCUT2D eigenvalue weighted by Crippen LogP contribution is -2.34. The minimum atomic E-state index is -0.0916. The largest absolute Gasteiger partial charge is 0.350 e. The molecule has 1 amide bonds. The zero-order chi connectivity index (χ0) is 12.8. The molecular weight excluding hydrogens is 234 g/mol. The number of hydrogen-bond acceptors (Lipinski definition) is 1. The number of rotatable bonds is 4. The number of nitrogens with one attached hydrogen (secondary N) is 1. The van der Waals surface area contributed by atoms with Gasteiger partial charge in [-0.05, 0) is 30.5 Å². The zero-order valence-electron chi connectivity index (χ0n) is 10.4. The van der Waals surface area contributed by atoms with Gasteiger partial charge in [0.1, 0.15) is 0 Å². The van der Waals surface area contributed by atoms with E-state index >= 15 is 0 Å². The summed E-state index contributed by atoms with van der Waals surface area (Å²) in [4.78, 5) is 11.6. The molecule has 0 aliphatic heterocycles. The van der Waals surface area contributed by atoms with Crippen LogP contribution in [0.5, 0.6) is 0 Å². The Balaban J connectivity index is 2.60. The number of halogens is 1. The van der Waals surface area contributed by atoms with Crippen LogP contribution in [0, 0.1) is 5.92 Å². The first-order chi connectivity index (χ1) is 8.00. The Kier molecular flexibility index (Phi) is 5.23. The van der Waals surface area contributed by atoms with Crippen LogP contribution < -0.4 is 5.32 Å². The van der Waals surface area contributed by atoms with Gasteiger partial charge in [0.05, 0.1) is 0 Å². The monoisotopic (exact) mass is 251 g/mol. The van der Waals surface area contributed by atoms with E-state index in [1.54, 1.807) is 12.1 Å². The first-order valence-electron chi connectivity index (χ1n) is 5.74. The molecule has 1 N–H and O–H groups in total. The maximum Gasteiger partial charge on any atom is 0.244 e. The van der Waals surface area contributed by atoms with E-state index in [1.165, 1.54) is 6.08 Å². The van der Waals surface area contributed by atoms with E-state index in [4.69, 9.17) is 11.6 Å². The summed E-state index contributed by atoms with van der Waals surface area (Å²) < 4.78 is 0. The van der Waals surface area contributed by atoms with Gasteiger partial charge in [0, 0.05) is 17.1 Å². The first-order valence-corrected chi connectivity index (χ1v) is 6.11. The molecule has 1 aromatic rings. The summed E-state index contributed by atoms with van der Waals surface area (Å²) in [7, 11) is 0. The van der Waals surface area contributed by atoms with Crippen LogP contribution in [0.25, 0.3) is 6.08 Å². The van der Waals surface area contributed by atoms with Crippen molar-refractivity contribution in [2.75, 3.05) is 0 Å². The minimum absolute atomic E-state index is 0.0916. The minimum Gasteiger partial charge on any atom is -0.350 e. The number of carbonyl (C=O) groups is 1. The predicted molar refractivity (Wildman–Crippen MR) is 72.9 cm³/mol. The Bertz CT molecular complexity index is 412. The second-order valence-electron chi connectivity index (χ2n) is 4.40. The van der Waals surface area contributed by atoms with Gasteiger partial charge in [0.25, 0.3) is 0 Å². The van der Waals surface area contributed by atoms with Crippen molar-refractivity contribution in [3.05, 3.63) is 40.9 Å². The third-order valence-electron chi connectivity index (χ3n) is 2.69. The van der Waals surface area contributed by atoms with Gasteiger partial charge in [-0.3, -0.25) is 4.79 Å². The van der Waals surface area contributed by atoms with Gasteiger partial charge in [-0.25, -0.2) is 0 Å². The summed E-state index contributed by atoms with van der Waals surface area (Å²) in [5, 5.41) is 3.55. The molecule has 0 bridgehead atoms. The molecule has 0 aliphatic carbocycles. The third-order valence-corrected chi connectivity index (χ3v) is 3.03. The van der Waals surface area contributed by atoms with Crippen LogP contribution in [0.2, 0.25) is 5.02 Å². The summed E-state index contributed by atoms with van der Waals surface area (Å²) in [6, 6.07) is 7.59. The molecular formula is C14H18ClNO. The molecule has 1 rings (SSSR count). The van der Waals surface area contributed by atoms with E-state index in [9.17, 15) is 4.79 Å². The number of amides is 1. The molecule has 0 aromatic heterocycles. The second-order valence-corrected chi connectivity index (χ2v) is 4.80. The normalized spacial score (nSPS) is 13.0. The van der Waals surface area contributed by atoms with Crippen molar-refractivity contribution in [1.29, 1.82) is 0 Å².